The molecule has 0 amide bonds. The van der Waals surface area contributed by atoms with Gasteiger partial charge in [-0.1, -0.05) is 24.9 Å². The monoisotopic (exact) mass is 291 g/mol. The first-order valence-corrected chi connectivity index (χ1v) is 8.73. The second-order valence-corrected chi connectivity index (χ2v) is 6.80. The van der Waals surface area contributed by atoms with Crippen LogP contribution in [0.15, 0.2) is 10.6 Å². The Labute approximate surface area is 128 Å². The maximum atomic E-state index is 5.50. The molecule has 0 aromatic carbocycles. The molecule has 1 unspecified atom stereocenters. The van der Waals surface area contributed by atoms with Crippen molar-refractivity contribution in [3.8, 4) is 0 Å². The summed E-state index contributed by atoms with van der Waals surface area (Å²) in [6, 6.07) is 2.86. The molecule has 0 spiro atoms. The molecule has 1 aromatic rings. The number of nitrogens with zero attached hydrogens (tertiary/aromatic N) is 2. The Balaban J connectivity index is 1.44. The number of hydrogen-bond donors (Lipinski definition) is 1. The highest BCUT2D eigenvalue weighted by molar-refractivity contribution is 5.06. The zero-order chi connectivity index (χ0) is 14.5. The van der Waals surface area contributed by atoms with Gasteiger partial charge in [0.15, 0.2) is 5.76 Å². The Hall–Kier alpha value is -0.870. The number of likely N-dealkylation sites (tertiary alicyclic amines) is 1. The maximum absolute atomic E-state index is 5.50. The van der Waals surface area contributed by atoms with Gasteiger partial charge < -0.3 is 9.84 Å². The van der Waals surface area contributed by atoms with Gasteiger partial charge in [-0.25, -0.2) is 0 Å². The van der Waals surface area contributed by atoms with Crippen molar-refractivity contribution >= 4 is 0 Å². The Morgan fingerprint density at radius 1 is 1.29 bits per heavy atom. The number of aromatic nitrogens is 1. The molecular formula is C17H29N3O. The molecule has 2 heterocycles. The van der Waals surface area contributed by atoms with Crippen LogP contribution in [0.25, 0.3) is 0 Å². The van der Waals surface area contributed by atoms with E-state index in [9.17, 15) is 0 Å². The molecular weight excluding hydrogens is 262 g/mol. The lowest BCUT2D eigenvalue weighted by molar-refractivity contribution is 0.235. The average molecular weight is 291 g/mol. The molecule has 2 aliphatic rings. The molecule has 1 saturated heterocycles. The van der Waals surface area contributed by atoms with Gasteiger partial charge in [-0.15, -0.1) is 0 Å². The maximum Gasteiger partial charge on any atom is 0.151 e. The van der Waals surface area contributed by atoms with Crippen LogP contribution in [0.3, 0.4) is 0 Å². The number of rotatable bonds is 7. The first kappa shape index (κ1) is 15.0. The molecule has 1 N–H and O–H groups in total. The normalized spacial score (nSPS) is 24.1. The van der Waals surface area contributed by atoms with Crippen molar-refractivity contribution in [2.75, 3.05) is 13.1 Å². The highest BCUT2D eigenvalue weighted by Gasteiger charge is 2.21. The molecule has 118 valence electrons. The SMILES string of the molecule is CCCC1CCCN(Cc2cc(CNC3CC3)no2)CC1. The van der Waals surface area contributed by atoms with Gasteiger partial charge in [-0.2, -0.15) is 0 Å². The summed E-state index contributed by atoms with van der Waals surface area (Å²) in [6.45, 7) is 6.49. The van der Waals surface area contributed by atoms with Crippen LogP contribution in [0.5, 0.6) is 0 Å². The van der Waals surface area contributed by atoms with Crippen LogP contribution < -0.4 is 5.32 Å². The first-order chi connectivity index (χ1) is 10.3. The molecule has 0 bridgehead atoms. The van der Waals surface area contributed by atoms with E-state index in [0.717, 1.165) is 36.5 Å². The fourth-order valence-corrected chi connectivity index (χ4v) is 3.35. The van der Waals surface area contributed by atoms with E-state index in [-0.39, 0.29) is 0 Å². The van der Waals surface area contributed by atoms with Crippen molar-refractivity contribution in [1.82, 2.24) is 15.4 Å². The van der Waals surface area contributed by atoms with Gasteiger partial charge in [0, 0.05) is 18.7 Å². The van der Waals surface area contributed by atoms with Crippen LogP contribution in [0.1, 0.15) is 63.3 Å². The van der Waals surface area contributed by atoms with Crippen LogP contribution >= 0.6 is 0 Å². The largest absolute Gasteiger partial charge is 0.360 e. The predicted molar refractivity (Wildman–Crippen MR) is 83.9 cm³/mol. The third-order valence-corrected chi connectivity index (χ3v) is 4.77. The van der Waals surface area contributed by atoms with Gasteiger partial charge in [0.1, 0.15) is 0 Å². The molecule has 21 heavy (non-hydrogen) atoms. The van der Waals surface area contributed by atoms with E-state index < -0.39 is 0 Å². The summed E-state index contributed by atoms with van der Waals surface area (Å²) < 4.78 is 5.50. The molecule has 4 nitrogen and oxygen atoms in total. The molecule has 3 rings (SSSR count). The quantitative estimate of drug-likeness (QED) is 0.836. The van der Waals surface area contributed by atoms with Crippen molar-refractivity contribution in [2.45, 2.75) is 71.0 Å². The van der Waals surface area contributed by atoms with Gasteiger partial charge in [-0.3, -0.25) is 4.90 Å². The van der Waals surface area contributed by atoms with E-state index in [1.54, 1.807) is 0 Å². The summed E-state index contributed by atoms with van der Waals surface area (Å²) in [4.78, 5) is 2.54. The summed E-state index contributed by atoms with van der Waals surface area (Å²) in [7, 11) is 0. The predicted octanol–water partition coefficient (Wildman–Crippen LogP) is 3.33. The van der Waals surface area contributed by atoms with E-state index in [1.165, 1.54) is 58.0 Å². The Kier molecular flexibility index (Phi) is 5.31. The van der Waals surface area contributed by atoms with Crippen LogP contribution in [-0.4, -0.2) is 29.2 Å². The smallest absolute Gasteiger partial charge is 0.151 e. The first-order valence-electron chi connectivity index (χ1n) is 8.73. The van der Waals surface area contributed by atoms with Crippen molar-refractivity contribution in [2.24, 2.45) is 5.92 Å². The summed E-state index contributed by atoms with van der Waals surface area (Å²) in [5, 5.41) is 7.67. The number of nitrogens with one attached hydrogen (secondary N) is 1. The van der Waals surface area contributed by atoms with Crippen LogP contribution in [0.2, 0.25) is 0 Å². The summed E-state index contributed by atoms with van der Waals surface area (Å²) in [5.41, 5.74) is 1.05. The van der Waals surface area contributed by atoms with Crippen LogP contribution in [0, 0.1) is 5.92 Å². The van der Waals surface area contributed by atoms with Gasteiger partial charge in [-0.05, 0) is 51.1 Å². The van der Waals surface area contributed by atoms with Crippen molar-refractivity contribution < 1.29 is 4.52 Å². The topological polar surface area (TPSA) is 41.3 Å². The minimum absolute atomic E-state index is 0.728. The summed E-state index contributed by atoms with van der Waals surface area (Å²) in [5.74, 6) is 1.96. The zero-order valence-corrected chi connectivity index (χ0v) is 13.3. The molecule has 1 saturated carbocycles. The third-order valence-electron chi connectivity index (χ3n) is 4.77. The Bertz CT molecular complexity index is 427. The highest BCUT2D eigenvalue weighted by atomic mass is 16.5. The van der Waals surface area contributed by atoms with E-state index >= 15 is 0 Å². The second-order valence-electron chi connectivity index (χ2n) is 6.80. The standard InChI is InChI=1S/C17H29N3O/c1-2-4-14-5-3-9-20(10-8-14)13-17-11-16(19-21-17)12-18-15-6-7-15/h11,14-15,18H,2-10,12-13H2,1H3. The minimum Gasteiger partial charge on any atom is -0.360 e. The van der Waals surface area contributed by atoms with E-state index in [0.29, 0.717) is 0 Å². The summed E-state index contributed by atoms with van der Waals surface area (Å²) in [6.07, 6.45) is 9.43. The lowest BCUT2D eigenvalue weighted by Gasteiger charge is -2.18. The molecule has 1 atom stereocenters. The molecule has 1 aliphatic heterocycles. The zero-order valence-electron chi connectivity index (χ0n) is 13.3. The lowest BCUT2D eigenvalue weighted by atomic mass is 9.96. The molecule has 1 aromatic heterocycles. The second kappa shape index (κ2) is 7.41. The molecule has 0 radical (unpaired) electrons. The van der Waals surface area contributed by atoms with Crippen molar-refractivity contribution in [1.29, 1.82) is 0 Å². The molecule has 1 aliphatic carbocycles. The van der Waals surface area contributed by atoms with Gasteiger partial charge in [0.2, 0.25) is 0 Å². The molecule has 4 heteroatoms. The third kappa shape index (κ3) is 4.82. The average Bonchev–Trinajstić information content (AvgIpc) is 3.24. The van der Waals surface area contributed by atoms with Crippen LogP contribution in [0.4, 0.5) is 0 Å². The van der Waals surface area contributed by atoms with Crippen molar-refractivity contribution in [3.63, 3.8) is 0 Å². The molecule has 2 fully saturated rings. The Morgan fingerprint density at radius 2 is 2.19 bits per heavy atom. The van der Waals surface area contributed by atoms with Gasteiger partial charge >= 0.3 is 0 Å². The van der Waals surface area contributed by atoms with Gasteiger partial charge in [0.25, 0.3) is 0 Å². The van der Waals surface area contributed by atoms with Crippen LogP contribution in [-0.2, 0) is 13.1 Å². The fourth-order valence-electron chi connectivity index (χ4n) is 3.35. The minimum atomic E-state index is 0.728. The van der Waals surface area contributed by atoms with E-state index in [2.05, 4.69) is 28.4 Å². The van der Waals surface area contributed by atoms with E-state index in [4.69, 9.17) is 4.52 Å². The Morgan fingerprint density at radius 3 is 3.00 bits per heavy atom. The highest BCUT2D eigenvalue weighted by Crippen LogP contribution is 2.23. The van der Waals surface area contributed by atoms with Crippen molar-refractivity contribution in [3.05, 3.63) is 17.5 Å². The fraction of sp³-hybridized carbons (Fsp3) is 0.824. The summed E-state index contributed by atoms with van der Waals surface area (Å²) >= 11 is 0. The van der Waals surface area contributed by atoms with E-state index in [1.807, 2.05) is 0 Å². The number of hydrogen-bond acceptors (Lipinski definition) is 4. The lowest BCUT2D eigenvalue weighted by Crippen LogP contribution is -2.24. The van der Waals surface area contributed by atoms with Gasteiger partial charge in [0.05, 0.1) is 12.2 Å².